The zero-order valence-corrected chi connectivity index (χ0v) is 53.8. The quantitative estimate of drug-likeness (QED) is 0.0394. The molecule has 464 valence electrons. The molecular formula is C79H119NO4. The third-order valence-electron chi connectivity index (χ3n) is 17.5. The molecule has 5 heteroatoms. The van der Waals surface area contributed by atoms with E-state index in [1.807, 2.05) is 42.5 Å². The number of benzene rings is 5. The Morgan fingerprint density at radius 2 is 0.643 bits per heavy atom. The first-order valence-electron chi connectivity index (χ1n) is 35.2. The van der Waals surface area contributed by atoms with E-state index in [1.54, 1.807) is 0 Å². The van der Waals surface area contributed by atoms with Gasteiger partial charge in [-0.1, -0.05) is 367 Å². The SMILES string of the molecule is CCCCCCCCCCCCCCCCCCCCCCOc1ccc(C(NC(=O)OCC2c3ccccc3-c3ccccc32)c2ccc(OCCCCCCCCCCCCCCCCCCCCCC)cc2)cc1.Cc1ccccc1. The molecule has 6 rings (SSSR count). The minimum absolute atomic E-state index is 0.00274. The van der Waals surface area contributed by atoms with Crippen LogP contribution in [0.3, 0.4) is 0 Å². The molecule has 0 bridgehead atoms. The molecule has 0 spiro atoms. The van der Waals surface area contributed by atoms with Crippen LogP contribution in [-0.4, -0.2) is 25.9 Å². The summed E-state index contributed by atoms with van der Waals surface area (Å²) in [7, 11) is 0. The summed E-state index contributed by atoms with van der Waals surface area (Å²) in [6, 6.07) is 43.2. The average molecular weight is 1150 g/mol. The number of ether oxygens (including phenoxy) is 3. The Labute approximate surface area is 515 Å². The summed E-state index contributed by atoms with van der Waals surface area (Å²) in [6.07, 6.45) is 54.9. The lowest BCUT2D eigenvalue weighted by atomic mass is 9.98. The van der Waals surface area contributed by atoms with Crippen LogP contribution in [0.4, 0.5) is 4.79 Å². The second-order valence-corrected chi connectivity index (χ2v) is 24.8. The molecular weight excluding hydrogens is 1030 g/mol. The number of nitrogens with one attached hydrogen (secondary N) is 1. The van der Waals surface area contributed by atoms with Crippen molar-refractivity contribution in [3.63, 3.8) is 0 Å². The van der Waals surface area contributed by atoms with E-state index in [2.05, 4.69) is 111 Å². The van der Waals surface area contributed by atoms with Crippen LogP contribution < -0.4 is 14.8 Å². The fourth-order valence-electron chi connectivity index (χ4n) is 12.3. The molecule has 0 saturated heterocycles. The van der Waals surface area contributed by atoms with Gasteiger partial charge in [-0.05, 0) is 77.4 Å². The van der Waals surface area contributed by atoms with Crippen LogP contribution in [0.2, 0.25) is 0 Å². The molecule has 0 aromatic heterocycles. The van der Waals surface area contributed by atoms with E-state index in [4.69, 9.17) is 14.2 Å². The molecule has 5 aromatic rings. The number of fused-ring (bicyclic) bond motifs is 3. The van der Waals surface area contributed by atoms with Crippen molar-refractivity contribution in [2.75, 3.05) is 19.8 Å². The van der Waals surface area contributed by atoms with Crippen molar-refractivity contribution in [3.8, 4) is 22.6 Å². The molecule has 0 saturated carbocycles. The second-order valence-electron chi connectivity index (χ2n) is 24.8. The van der Waals surface area contributed by atoms with Crippen LogP contribution in [-0.2, 0) is 4.74 Å². The third-order valence-corrected chi connectivity index (χ3v) is 17.5. The van der Waals surface area contributed by atoms with Gasteiger partial charge >= 0.3 is 6.09 Å². The fraction of sp³-hybridized carbons (Fsp3) is 0.608. The van der Waals surface area contributed by atoms with Crippen molar-refractivity contribution in [3.05, 3.63) is 155 Å². The van der Waals surface area contributed by atoms with Crippen molar-refractivity contribution in [2.45, 2.75) is 290 Å². The summed E-state index contributed by atoms with van der Waals surface area (Å²) >= 11 is 0. The number of unbranched alkanes of at least 4 members (excludes halogenated alkanes) is 38. The van der Waals surface area contributed by atoms with Crippen LogP contribution in [0.1, 0.15) is 310 Å². The highest BCUT2D eigenvalue weighted by Crippen LogP contribution is 2.44. The largest absolute Gasteiger partial charge is 0.494 e. The van der Waals surface area contributed by atoms with Gasteiger partial charge in [-0.3, -0.25) is 0 Å². The van der Waals surface area contributed by atoms with Gasteiger partial charge in [0.1, 0.15) is 18.1 Å². The summed E-state index contributed by atoms with van der Waals surface area (Å²) in [5.41, 5.74) is 8.12. The molecule has 0 aliphatic heterocycles. The summed E-state index contributed by atoms with van der Waals surface area (Å²) in [6.45, 7) is 8.40. The van der Waals surface area contributed by atoms with Gasteiger partial charge in [-0.2, -0.15) is 0 Å². The van der Waals surface area contributed by atoms with Crippen molar-refractivity contribution in [1.29, 1.82) is 0 Å². The lowest BCUT2D eigenvalue weighted by molar-refractivity contribution is 0.140. The van der Waals surface area contributed by atoms with Crippen LogP contribution in [0.25, 0.3) is 11.1 Å². The van der Waals surface area contributed by atoms with Gasteiger partial charge in [0.05, 0.1) is 19.3 Å². The smallest absolute Gasteiger partial charge is 0.407 e. The van der Waals surface area contributed by atoms with Crippen LogP contribution >= 0.6 is 0 Å². The van der Waals surface area contributed by atoms with Crippen LogP contribution in [0.5, 0.6) is 11.5 Å². The predicted molar refractivity (Wildman–Crippen MR) is 361 cm³/mol. The Bertz CT molecular complexity index is 2190. The third kappa shape index (κ3) is 30.9. The number of amides is 1. The Kier molecular flexibility index (Phi) is 39.2. The summed E-state index contributed by atoms with van der Waals surface area (Å²) < 4.78 is 18.5. The molecule has 0 atom stereocenters. The molecule has 1 aliphatic carbocycles. The molecule has 0 unspecified atom stereocenters. The van der Waals surface area contributed by atoms with Crippen molar-refractivity contribution in [2.24, 2.45) is 0 Å². The maximum atomic E-state index is 13.8. The van der Waals surface area contributed by atoms with Gasteiger partial charge in [0, 0.05) is 5.92 Å². The molecule has 0 radical (unpaired) electrons. The lowest BCUT2D eigenvalue weighted by Gasteiger charge is -2.21. The maximum absolute atomic E-state index is 13.8. The minimum Gasteiger partial charge on any atom is -0.494 e. The Balaban J connectivity index is 0.00000171. The zero-order chi connectivity index (χ0) is 59.0. The van der Waals surface area contributed by atoms with E-state index < -0.39 is 12.1 Å². The Hall–Kier alpha value is -5.03. The number of carbonyl (C=O) groups is 1. The average Bonchev–Trinajstić information content (AvgIpc) is 3.59. The number of hydrogen-bond acceptors (Lipinski definition) is 4. The number of carbonyl (C=O) groups excluding carboxylic acids is 1. The molecule has 5 nitrogen and oxygen atoms in total. The normalized spacial score (nSPS) is 11.8. The van der Waals surface area contributed by atoms with Crippen LogP contribution in [0, 0.1) is 6.92 Å². The fourth-order valence-corrected chi connectivity index (χ4v) is 12.3. The summed E-state index contributed by atoms with van der Waals surface area (Å²) in [5, 5.41) is 3.24. The standard InChI is InChI=1S/C72H111NO4.C7H8/c1-3-5-7-9-11-13-15-17-19-21-23-25-27-29-31-33-35-37-39-45-59-75-64-55-51-62(52-56-64)71(73-72(74)77-61-70-68-49-43-41-47-66(68)67-48-42-44-50-69(67)70)63-53-57-65(58-54-63)76-60-46-40-38-36-34-32-30-28-26-24-22-20-18-16-14-12-10-8-6-4-2;1-7-5-3-2-4-6-7/h41-44,47-58,70-71H,3-40,45-46,59-61H2,1-2H3,(H,73,74);2-6H,1H3. The van der Waals surface area contributed by atoms with Crippen molar-refractivity contribution < 1.29 is 19.0 Å². The summed E-state index contributed by atoms with van der Waals surface area (Å²) in [4.78, 5) is 13.8. The molecule has 1 amide bonds. The van der Waals surface area contributed by atoms with Crippen molar-refractivity contribution >= 4 is 6.09 Å². The van der Waals surface area contributed by atoms with Gasteiger partial charge in [-0.15, -0.1) is 0 Å². The molecule has 0 fully saturated rings. The molecule has 1 N–H and O–H groups in total. The molecule has 84 heavy (non-hydrogen) atoms. The topological polar surface area (TPSA) is 56.8 Å². The molecule has 0 heterocycles. The van der Waals surface area contributed by atoms with Crippen LogP contribution in [0.15, 0.2) is 127 Å². The highest BCUT2D eigenvalue weighted by molar-refractivity contribution is 5.79. The number of alkyl carbamates (subject to hydrolysis) is 1. The highest BCUT2D eigenvalue weighted by atomic mass is 16.5. The monoisotopic (exact) mass is 1150 g/mol. The van der Waals surface area contributed by atoms with E-state index >= 15 is 0 Å². The minimum atomic E-state index is -0.434. The van der Waals surface area contributed by atoms with E-state index in [-0.39, 0.29) is 12.5 Å². The predicted octanol–water partition coefficient (Wildman–Crippen LogP) is 24.7. The number of hydrogen-bond donors (Lipinski definition) is 1. The highest BCUT2D eigenvalue weighted by Gasteiger charge is 2.29. The lowest BCUT2D eigenvalue weighted by Crippen LogP contribution is -2.31. The van der Waals surface area contributed by atoms with E-state index in [0.29, 0.717) is 0 Å². The Morgan fingerprint density at radius 1 is 0.357 bits per heavy atom. The summed E-state index contributed by atoms with van der Waals surface area (Å²) in [5.74, 6) is 1.72. The van der Waals surface area contributed by atoms with Gasteiger partial charge < -0.3 is 19.5 Å². The Morgan fingerprint density at radius 3 is 0.940 bits per heavy atom. The van der Waals surface area contributed by atoms with Crippen molar-refractivity contribution in [1.82, 2.24) is 5.32 Å². The van der Waals surface area contributed by atoms with E-state index in [0.717, 1.165) is 48.7 Å². The van der Waals surface area contributed by atoms with Gasteiger partial charge in [-0.25, -0.2) is 4.79 Å². The van der Waals surface area contributed by atoms with Gasteiger partial charge in [0.15, 0.2) is 0 Å². The maximum Gasteiger partial charge on any atom is 0.407 e. The second kappa shape index (κ2) is 47.2. The first-order valence-corrected chi connectivity index (χ1v) is 35.2. The molecule has 5 aromatic carbocycles. The van der Waals surface area contributed by atoms with Gasteiger partial charge in [0.25, 0.3) is 0 Å². The van der Waals surface area contributed by atoms with E-state index in [9.17, 15) is 4.79 Å². The first kappa shape index (κ1) is 69.7. The number of aryl methyl sites for hydroxylation is 1. The molecule has 1 aliphatic rings. The first-order chi connectivity index (χ1) is 41.6. The van der Waals surface area contributed by atoms with Gasteiger partial charge in [0.2, 0.25) is 0 Å². The number of rotatable bonds is 49. The zero-order valence-electron chi connectivity index (χ0n) is 53.8. The van der Waals surface area contributed by atoms with E-state index in [1.165, 1.54) is 272 Å².